The van der Waals surface area contributed by atoms with Crippen LogP contribution in [-0.4, -0.2) is 15.3 Å². The summed E-state index contributed by atoms with van der Waals surface area (Å²) in [5.74, 6) is 0.929. The highest BCUT2D eigenvalue weighted by Crippen LogP contribution is 2.23. The molecular formula is C10H10BrClN2. The van der Waals surface area contributed by atoms with E-state index >= 15 is 0 Å². The topological polar surface area (TPSA) is 28.7 Å². The molecular weight excluding hydrogens is 263 g/mol. The molecule has 1 aromatic carbocycles. The molecule has 1 aromatic heterocycles. The maximum Gasteiger partial charge on any atom is 0.104 e. The Morgan fingerprint density at radius 2 is 2.29 bits per heavy atom. The Labute approximate surface area is 95.8 Å². The molecule has 0 aliphatic rings. The summed E-state index contributed by atoms with van der Waals surface area (Å²) in [6.45, 7) is 1.95. The Balaban J connectivity index is 2.66. The molecule has 0 saturated carbocycles. The largest absolute Gasteiger partial charge is 0.342 e. The molecule has 0 bridgehead atoms. The quantitative estimate of drug-likeness (QED) is 0.834. The Hall–Kier alpha value is -0.540. The third-order valence-electron chi connectivity index (χ3n) is 2.11. The minimum atomic E-state index is 0.761. The molecule has 0 saturated heterocycles. The molecule has 0 aliphatic heterocycles. The van der Waals surface area contributed by atoms with E-state index in [9.17, 15) is 0 Å². The molecule has 74 valence electrons. The Morgan fingerprint density at radius 1 is 1.50 bits per heavy atom. The molecule has 2 rings (SSSR count). The van der Waals surface area contributed by atoms with Crippen LogP contribution >= 0.6 is 27.5 Å². The number of rotatable bonds is 2. The summed E-state index contributed by atoms with van der Waals surface area (Å²) >= 11 is 9.43. The van der Waals surface area contributed by atoms with Crippen molar-refractivity contribution in [2.45, 2.75) is 13.3 Å². The van der Waals surface area contributed by atoms with Crippen molar-refractivity contribution in [3.05, 3.63) is 28.5 Å². The zero-order chi connectivity index (χ0) is 10.1. The van der Waals surface area contributed by atoms with Crippen LogP contribution in [0.3, 0.4) is 0 Å². The highest BCUT2D eigenvalue weighted by atomic mass is 79.9. The lowest BCUT2D eigenvalue weighted by Gasteiger charge is -2.00. The van der Waals surface area contributed by atoms with Crippen LogP contribution in [0.1, 0.15) is 11.4 Å². The van der Waals surface area contributed by atoms with Crippen LogP contribution in [0.15, 0.2) is 12.1 Å². The van der Waals surface area contributed by atoms with E-state index in [4.69, 9.17) is 11.6 Å². The fourth-order valence-electron chi connectivity index (χ4n) is 1.57. The van der Waals surface area contributed by atoms with Gasteiger partial charge in [-0.2, -0.15) is 0 Å². The fourth-order valence-corrected chi connectivity index (χ4v) is 2.23. The number of imidazole rings is 1. The zero-order valence-electron chi connectivity index (χ0n) is 7.77. The third kappa shape index (κ3) is 1.79. The highest BCUT2D eigenvalue weighted by molar-refractivity contribution is 9.09. The van der Waals surface area contributed by atoms with Gasteiger partial charge in [-0.3, -0.25) is 0 Å². The summed E-state index contributed by atoms with van der Waals surface area (Å²) in [5, 5.41) is 1.69. The molecule has 0 fully saturated rings. The number of alkyl halides is 1. The Kier molecular flexibility index (Phi) is 2.79. The summed E-state index contributed by atoms with van der Waals surface area (Å²) in [7, 11) is 0. The third-order valence-corrected chi connectivity index (χ3v) is 2.73. The Bertz CT molecular complexity index is 464. The second kappa shape index (κ2) is 3.91. The van der Waals surface area contributed by atoms with Crippen molar-refractivity contribution in [3.63, 3.8) is 0 Å². The first kappa shape index (κ1) is 9.99. The van der Waals surface area contributed by atoms with Gasteiger partial charge in [0.15, 0.2) is 0 Å². The number of aromatic nitrogens is 2. The number of H-pyrrole nitrogens is 1. The van der Waals surface area contributed by atoms with E-state index in [1.54, 1.807) is 0 Å². The summed E-state index contributed by atoms with van der Waals surface area (Å²) in [6.07, 6.45) is 0.946. The fraction of sp³-hybridized carbons (Fsp3) is 0.300. The number of nitrogens with one attached hydrogen (secondary N) is 1. The molecule has 1 heterocycles. The number of hydrogen-bond donors (Lipinski definition) is 1. The van der Waals surface area contributed by atoms with E-state index in [0.29, 0.717) is 0 Å². The normalized spacial score (nSPS) is 11.1. The van der Waals surface area contributed by atoms with Gasteiger partial charge in [-0.05, 0) is 31.0 Å². The van der Waals surface area contributed by atoms with Crippen LogP contribution in [0.4, 0.5) is 0 Å². The van der Waals surface area contributed by atoms with Gasteiger partial charge >= 0.3 is 0 Å². The van der Waals surface area contributed by atoms with E-state index < -0.39 is 0 Å². The van der Waals surface area contributed by atoms with Crippen LogP contribution in [0.25, 0.3) is 11.0 Å². The molecule has 0 aliphatic carbocycles. The van der Waals surface area contributed by atoms with E-state index in [1.807, 2.05) is 19.1 Å². The second-order valence-corrected chi connectivity index (χ2v) is 4.45. The predicted octanol–water partition coefficient (Wildman–Crippen LogP) is 3.46. The van der Waals surface area contributed by atoms with E-state index in [0.717, 1.165) is 33.6 Å². The summed E-state index contributed by atoms with van der Waals surface area (Å²) in [6, 6.07) is 3.89. The maximum absolute atomic E-state index is 6.01. The van der Waals surface area contributed by atoms with E-state index in [2.05, 4.69) is 25.9 Å². The molecule has 0 amide bonds. The van der Waals surface area contributed by atoms with Gasteiger partial charge in [0.1, 0.15) is 5.82 Å². The first-order valence-electron chi connectivity index (χ1n) is 4.41. The lowest BCUT2D eigenvalue weighted by molar-refractivity contribution is 1.15. The SMILES string of the molecule is Cc1nc2c(CCBr)cc(Cl)cc2[nH]1. The van der Waals surface area contributed by atoms with Crippen molar-refractivity contribution in [2.24, 2.45) is 0 Å². The molecule has 1 N–H and O–H groups in total. The maximum atomic E-state index is 6.01. The average molecular weight is 274 g/mol. The lowest BCUT2D eigenvalue weighted by Crippen LogP contribution is -1.88. The lowest BCUT2D eigenvalue weighted by atomic mass is 10.1. The molecule has 0 spiro atoms. The van der Waals surface area contributed by atoms with Gasteiger partial charge in [0.25, 0.3) is 0 Å². The van der Waals surface area contributed by atoms with Gasteiger partial charge in [-0.1, -0.05) is 27.5 Å². The number of aromatic amines is 1. The van der Waals surface area contributed by atoms with Gasteiger partial charge in [-0.25, -0.2) is 4.98 Å². The molecule has 0 radical (unpaired) electrons. The molecule has 4 heteroatoms. The van der Waals surface area contributed by atoms with Gasteiger partial charge < -0.3 is 4.98 Å². The number of benzene rings is 1. The molecule has 2 aromatic rings. The average Bonchev–Trinajstić information content (AvgIpc) is 2.45. The van der Waals surface area contributed by atoms with Gasteiger partial charge in [0.2, 0.25) is 0 Å². The van der Waals surface area contributed by atoms with Crippen molar-refractivity contribution < 1.29 is 0 Å². The van der Waals surface area contributed by atoms with Crippen molar-refractivity contribution in [1.29, 1.82) is 0 Å². The number of fused-ring (bicyclic) bond motifs is 1. The second-order valence-electron chi connectivity index (χ2n) is 3.22. The van der Waals surface area contributed by atoms with Crippen molar-refractivity contribution in [1.82, 2.24) is 9.97 Å². The predicted molar refractivity (Wildman–Crippen MR) is 63.3 cm³/mol. The van der Waals surface area contributed by atoms with Crippen LogP contribution < -0.4 is 0 Å². The standard InChI is InChI=1S/C10H10BrClN2/c1-6-13-9-5-8(12)4-7(2-3-11)10(9)14-6/h4-5H,2-3H2,1H3,(H,13,14). The van der Waals surface area contributed by atoms with Crippen LogP contribution in [-0.2, 0) is 6.42 Å². The van der Waals surface area contributed by atoms with Crippen molar-refractivity contribution in [2.75, 3.05) is 5.33 Å². The van der Waals surface area contributed by atoms with Gasteiger partial charge in [0, 0.05) is 10.4 Å². The molecule has 14 heavy (non-hydrogen) atoms. The summed E-state index contributed by atoms with van der Waals surface area (Å²) in [4.78, 5) is 7.63. The van der Waals surface area contributed by atoms with Gasteiger partial charge in [0.05, 0.1) is 11.0 Å². The first-order valence-corrected chi connectivity index (χ1v) is 5.91. The summed E-state index contributed by atoms with van der Waals surface area (Å²) in [5.41, 5.74) is 3.24. The van der Waals surface area contributed by atoms with E-state index in [1.165, 1.54) is 5.56 Å². The smallest absolute Gasteiger partial charge is 0.104 e. The highest BCUT2D eigenvalue weighted by Gasteiger charge is 2.06. The summed E-state index contributed by atoms with van der Waals surface area (Å²) < 4.78 is 0. The van der Waals surface area contributed by atoms with Crippen LogP contribution in [0.5, 0.6) is 0 Å². The van der Waals surface area contributed by atoms with Crippen LogP contribution in [0.2, 0.25) is 5.02 Å². The number of nitrogens with zero attached hydrogens (tertiary/aromatic N) is 1. The minimum absolute atomic E-state index is 0.761. The van der Waals surface area contributed by atoms with Gasteiger partial charge in [-0.15, -0.1) is 0 Å². The molecule has 2 nitrogen and oxygen atoms in total. The number of aryl methyl sites for hydroxylation is 2. The zero-order valence-corrected chi connectivity index (χ0v) is 10.1. The molecule has 0 unspecified atom stereocenters. The Morgan fingerprint density at radius 3 is 3.00 bits per heavy atom. The minimum Gasteiger partial charge on any atom is -0.342 e. The number of hydrogen-bond acceptors (Lipinski definition) is 1. The van der Waals surface area contributed by atoms with Crippen LogP contribution in [0, 0.1) is 6.92 Å². The number of halogens is 2. The first-order chi connectivity index (χ1) is 6.70. The monoisotopic (exact) mass is 272 g/mol. The van der Waals surface area contributed by atoms with Crippen molar-refractivity contribution >= 4 is 38.6 Å². The van der Waals surface area contributed by atoms with Crippen molar-refractivity contribution in [3.8, 4) is 0 Å². The molecule has 0 atom stereocenters. The van der Waals surface area contributed by atoms with E-state index in [-0.39, 0.29) is 0 Å².